The zero-order valence-electron chi connectivity index (χ0n) is 14.3. The minimum absolute atomic E-state index is 0.0718. The van der Waals surface area contributed by atoms with Crippen molar-refractivity contribution in [3.63, 3.8) is 0 Å². The Balaban J connectivity index is 1.70. The van der Waals surface area contributed by atoms with Gasteiger partial charge in [0.05, 0.1) is 15.3 Å². The summed E-state index contributed by atoms with van der Waals surface area (Å²) in [5.41, 5.74) is 1.13. The van der Waals surface area contributed by atoms with E-state index in [-0.39, 0.29) is 11.2 Å². The SMILES string of the molecule is CC[C@@H](Sc1ccc(Cl)cc1)C(=O)NCCSCc1ccc(Cl)c(Cl)c1. The van der Waals surface area contributed by atoms with Crippen LogP contribution >= 0.6 is 58.3 Å². The number of halogens is 3. The number of benzene rings is 2. The van der Waals surface area contributed by atoms with Crippen molar-refractivity contribution in [1.29, 1.82) is 0 Å². The maximum Gasteiger partial charge on any atom is 0.233 e. The molecule has 0 saturated carbocycles. The molecular weight excluding hydrogens is 429 g/mol. The van der Waals surface area contributed by atoms with Crippen molar-refractivity contribution >= 4 is 64.2 Å². The lowest BCUT2D eigenvalue weighted by Crippen LogP contribution is -2.33. The molecule has 2 rings (SSSR count). The normalized spacial score (nSPS) is 12.0. The quantitative estimate of drug-likeness (QED) is 0.347. The maximum atomic E-state index is 12.4. The van der Waals surface area contributed by atoms with Gasteiger partial charge >= 0.3 is 0 Å². The fourth-order valence-corrected chi connectivity index (χ4v) is 4.41. The molecule has 0 aliphatic heterocycles. The lowest BCUT2D eigenvalue weighted by Gasteiger charge is -2.14. The first-order valence-electron chi connectivity index (χ1n) is 8.21. The molecule has 140 valence electrons. The molecule has 1 N–H and O–H groups in total. The highest BCUT2D eigenvalue weighted by atomic mass is 35.5. The molecule has 0 bridgehead atoms. The smallest absolute Gasteiger partial charge is 0.233 e. The standard InChI is InChI=1S/C19H20Cl3NOS2/c1-2-18(26-15-6-4-14(20)5-7-15)19(24)23-9-10-25-12-13-3-8-16(21)17(22)11-13/h3-8,11,18H,2,9-10,12H2,1H3,(H,23,24)/t18-/m1/s1. The van der Waals surface area contributed by atoms with E-state index in [2.05, 4.69) is 5.32 Å². The topological polar surface area (TPSA) is 29.1 Å². The van der Waals surface area contributed by atoms with Crippen LogP contribution in [0, 0.1) is 0 Å². The third kappa shape index (κ3) is 7.24. The molecule has 0 radical (unpaired) electrons. The number of thioether (sulfide) groups is 2. The molecule has 7 heteroatoms. The summed E-state index contributed by atoms with van der Waals surface area (Å²) >= 11 is 21.1. The van der Waals surface area contributed by atoms with E-state index in [0.29, 0.717) is 21.6 Å². The van der Waals surface area contributed by atoms with Crippen molar-refractivity contribution in [3.05, 3.63) is 63.1 Å². The lowest BCUT2D eigenvalue weighted by molar-refractivity contribution is -0.120. The molecule has 0 aliphatic rings. The molecule has 0 fully saturated rings. The summed E-state index contributed by atoms with van der Waals surface area (Å²) in [6.07, 6.45) is 0.773. The number of nitrogens with one attached hydrogen (secondary N) is 1. The molecule has 0 unspecified atom stereocenters. The van der Waals surface area contributed by atoms with Gasteiger partial charge < -0.3 is 5.32 Å². The highest BCUT2D eigenvalue weighted by molar-refractivity contribution is 8.00. The maximum absolute atomic E-state index is 12.4. The van der Waals surface area contributed by atoms with E-state index < -0.39 is 0 Å². The van der Waals surface area contributed by atoms with E-state index in [1.165, 1.54) is 0 Å². The van der Waals surface area contributed by atoms with Crippen molar-refractivity contribution in [2.45, 2.75) is 29.2 Å². The number of amides is 1. The van der Waals surface area contributed by atoms with E-state index in [1.54, 1.807) is 29.6 Å². The molecule has 2 aromatic carbocycles. The fraction of sp³-hybridized carbons (Fsp3) is 0.316. The van der Waals surface area contributed by atoms with Crippen LogP contribution in [0.2, 0.25) is 15.1 Å². The minimum atomic E-state index is -0.101. The summed E-state index contributed by atoms with van der Waals surface area (Å²) in [5, 5.41) is 4.76. The number of hydrogen-bond donors (Lipinski definition) is 1. The summed E-state index contributed by atoms with van der Waals surface area (Å²) in [7, 11) is 0. The fourth-order valence-electron chi connectivity index (χ4n) is 2.18. The van der Waals surface area contributed by atoms with E-state index in [0.717, 1.165) is 28.4 Å². The molecule has 0 heterocycles. The van der Waals surface area contributed by atoms with Gasteiger partial charge in [0.15, 0.2) is 0 Å². The second kappa shape index (κ2) is 11.4. The van der Waals surface area contributed by atoms with Gasteiger partial charge in [-0.25, -0.2) is 0 Å². The van der Waals surface area contributed by atoms with E-state index in [4.69, 9.17) is 34.8 Å². The Morgan fingerprint density at radius 2 is 1.81 bits per heavy atom. The van der Waals surface area contributed by atoms with Gasteiger partial charge in [-0.05, 0) is 48.4 Å². The molecule has 0 aromatic heterocycles. The van der Waals surface area contributed by atoms with Crippen molar-refractivity contribution in [3.8, 4) is 0 Å². The van der Waals surface area contributed by atoms with Crippen LogP contribution in [0.25, 0.3) is 0 Å². The van der Waals surface area contributed by atoms with Gasteiger partial charge in [-0.2, -0.15) is 11.8 Å². The molecule has 2 aromatic rings. The summed E-state index contributed by atoms with van der Waals surface area (Å²) in [6.45, 7) is 2.66. The molecule has 26 heavy (non-hydrogen) atoms. The summed E-state index contributed by atoms with van der Waals surface area (Å²) < 4.78 is 0. The van der Waals surface area contributed by atoms with Crippen LogP contribution in [-0.4, -0.2) is 23.5 Å². The van der Waals surface area contributed by atoms with Crippen LogP contribution in [0.5, 0.6) is 0 Å². The van der Waals surface area contributed by atoms with Crippen LogP contribution < -0.4 is 5.32 Å². The van der Waals surface area contributed by atoms with E-state index in [9.17, 15) is 4.79 Å². The first-order valence-corrected chi connectivity index (χ1v) is 11.4. The Morgan fingerprint density at radius 3 is 2.46 bits per heavy atom. The van der Waals surface area contributed by atoms with E-state index >= 15 is 0 Å². The van der Waals surface area contributed by atoms with E-state index in [1.807, 2.05) is 43.3 Å². The third-order valence-corrected chi connectivity index (χ3v) is 6.95. The lowest BCUT2D eigenvalue weighted by atomic mass is 10.2. The zero-order valence-corrected chi connectivity index (χ0v) is 18.2. The Hall–Kier alpha value is -0.520. The first-order chi connectivity index (χ1) is 12.5. The third-order valence-electron chi connectivity index (χ3n) is 3.55. The van der Waals surface area contributed by atoms with Crippen molar-refractivity contribution in [2.75, 3.05) is 12.3 Å². The van der Waals surface area contributed by atoms with Gasteiger partial charge in [0, 0.05) is 28.0 Å². The van der Waals surface area contributed by atoms with Crippen LogP contribution in [0.4, 0.5) is 0 Å². The molecular formula is C19H20Cl3NOS2. The Labute approximate surface area is 178 Å². The van der Waals surface area contributed by atoms with Gasteiger partial charge in [0.1, 0.15) is 0 Å². The second-order valence-electron chi connectivity index (χ2n) is 5.56. The highest BCUT2D eigenvalue weighted by Crippen LogP contribution is 2.27. The van der Waals surface area contributed by atoms with Gasteiger partial charge in [-0.1, -0.05) is 47.8 Å². The summed E-state index contributed by atoms with van der Waals surface area (Å²) in [5.74, 6) is 1.75. The van der Waals surface area contributed by atoms with Crippen molar-refractivity contribution in [2.24, 2.45) is 0 Å². The summed E-state index contributed by atoms with van der Waals surface area (Å²) in [6, 6.07) is 13.2. The molecule has 0 spiro atoms. The van der Waals surface area contributed by atoms with Gasteiger partial charge in [-0.15, -0.1) is 11.8 Å². The molecule has 0 aliphatic carbocycles. The first kappa shape index (κ1) is 21.8. The Kier molecular flexibility index (Phi) is 9.51. The average molecular weight is 449 g/mol. The predicted molar refractivity (Wildman–Crippen MR) is 117 cm³/mol. The Bertz CT molecular complexity index is 725. The highest BCUT2D eigenvalue weighted by Gasteiger charge is 2.17. The molecule has 1 atom stereocenters. The molecule has 2 nitrogen and oxygen atoms in total. The van der Waals surface area contributed by atoms with Gasteiger partial charge in [-0.3, -0.25) is 4.79 Å². The van der Waals surface area contributed by atoms with Crippen LogP contribution in [0.15, 0.2) is 47.4 Å². The monoisotopic (exact) mass is 447 g/mol. The average Bonchev–Trinajstić information content (AvgIpc) is 2.63. The van der Waals surface area contributed by atoms with Crippen LogP contribution in [-0.2, 0) is 10.5 Å². The minimum Gasteiger partial charge on any atom is -0.354 e. The van der Waals surface area contributed by atoms with Gasteiger partial charge in [0.25, 0.3) is 0 Å². The van der Waals surface area contributed by atoms with Crippen molar-refractivity contribution < 1.29 is 4.79 Å². The largest absolute Gasteiger partial charge is 0.354 e. The number of hydrogen-bond acceptors (Lipinski definition) is 3. The number of carbonyl (C=O) groups is 1. The van der Waals surface area contributed by atoms with Crippen LogP contribution in [0.3, 0.4) is 0 Å². The Morgan fingerprint density at radius 1 is 1.08 bits per heavy atom. The molecule has 1 amide bonds. The zero-order chi connectivity index (χ0) is 18.9. The van der Waals surface area contributed by atoms with Crippen molar-refractivity contribution in [1.82, 2.24) is 5.32 Å². The predicted octanol–water partition coefficient (Wildman–Crippen LogP) is 6.57. The van der Waals surface area contributed by atoms with Crippen LogP contribution in [0.1, 0.15) is 18.9 Å². The molecule has 0 saturated heterocycles. The number of carbonyl (C=O) groups excluding carboxylic acids is 1. The number of rotatable bonds is 9. The van der Waals surface area contributed by atoms with Gasteiger partial charge in [0.2, 0.25) is 5.91 Å². The summed E-state index contributed by atoms with van der Waals surface area (Å²) in [4.78, 5) is 13.4. The second-order valence-corrected chi connectivity index (χ2v) is 9.19.